The zero-order chi connectivity index (χ0) is 31.9. The number of thioether (sulfide) groups is 1. The molecule has 1 heterocycles. The second kappa shape index (κ2) is 18.1. The molecule has 4 rings (SSSR count). The maximum Gasteiger partial charge on any atom is 0.248 e. The summed E-state index contributed by atoms with van der Waals surface area (Å²) in [6.45, 7) is 11.1. The number of anilines is 1. The molecule has 0 fully saturated rings. The van der Waals surface area contributed by atoms with E-state index in [2.05, 4.69) is 28.7 Å². The molecule has 0 aliphatic rings. The number of imidazole rings is 1. The standard InChI is InChI=1S/C37H45N3O4S/c1-5-7-21-42-22-23-43-34-14-8-29(9-15-34)30-10-18-36(44-28(3)4)31(24-30)11-19-37(41)39-32-12-16-35(17-13-32)45-26-33-25-38-27-40(33)20-6-2/h8-19,24-25,27-28H,5-7,20-23,26H2,1-4H3,(H,39,41)/b19-11+. The number of nitrogens with zero attached hydrogens (tertiary/aromatic N) is 2. The molecule has 0 unspecified atom stereocenters. The minimum atomic E-state index is -0.208. The maximum atomic E-state index is 12.9. The number of hydrogen-bond donors (Lipinski definition) is 1. The van der Waals surface area contributed by atoms with Gasteiger partial charge < -0.3 is 24.1 Å². The minimum absolute atomic E-state index is 0.00259. The van der Waals surface area contributed by atoms with Crippen LogP contribution < -0.4 is 14.8 Å². The number of nitrogens with one attached hydrogen (secondary N) is 1. The Morgan fingerprint density at radius 3 is 2.47 bits per heavy atom. The van der Waals surface area contributed by atoms with Crippen molar-refractivity contribution in [2.75, 3.05) is 25.1 Å². The van der Waals surface area contributed by atoms with Crippen molar-refractivity contribution >= 4 is 29.4 Å². The summed E-state index contributed by atoms with van der Waals surface area (Å²) in [5.41, 5.74) is 4.84. The van der Waals surface area contributed by atoms with Crippen molar-refractivity contribution in [3.05, 3.63) is 96.6 Å². The van der Waals surface area contributed by atoms with Crippen LogP contribution in [0.2, 0.25) is 0 Å². The number of hydrogen-bond acceptors (Lipinski definition) is 6. The summed E-state index contributed by atoms with van der Waals surface area (Å²) in [5, 5.41) is 2.97. The molecule has 1 N–H and O–H groups in total. The van der Waals surface area contributed by atoms with E-state index in [0.29, 0.717) is 13.2 Å². The van der Waals surface area contributed by atoms with Crippen molar-refractivity contribution in [1.82, 2.24) is 9.55 Å². The van der Waals surface area contributed by atoms with Crippen LogP contribution >= 0.6 is 11.8 Å². The summed E-state index contributed by atoms with van der Waals surface area (Å²) >= 11 is 1.75. The predicted molar refractivity (Wildman–Crippen MR) is 185 cm³/mol. The molecule has 4 aromatic rings. The highest BCUT2D eigenvalue weighted by atomic mass is 32.2. The number of unbranched alkanes of at least 4 members (excludes halogenated alkanes) is 1. The summed E-state index contributed by atoms with van der Waals surface area (Å²) in [5.74, 6) is 2.17. The third kappa shape index (κ3) is 11.1. The number of rotatable bonds is 18. The Kier molecular flexibility index (Phi) is 13.6. The molecule has 0 atom stereocenters. The molecule has 1 aromatic heterocycles. The zero-order valence-electron chi connectivity index (χ0n) is 26.8. The minimum Gasteiger partial charge on any atom is -0.491 e. The summed E-state index contributed by atoms with van der Waals surface area (Å²) in [6, 6.07) is 21.9. The number of carbonyl (C=O) groups is 1. The van der Waals surface area contributed by atoms with Crippen LogP contribution in [-0.2, 0) is 21.8 Å². The van der Waals surface area contributed by atoms with Gasteiger partial charge in [-0.05, 0) is 92.4 Å². The molecule has 7 nitrogen and oxygen atoms in total. The SMILES string of the molecule is CCCCOCCOc1ccc(-c2ccc(OC(C)C)c(/C=C/C(=O)Nc3ccc(SCc4cncn4CCC)cc3)c2)cc1. The van der Waals surface area contributed by atoms with E-state index in [9.17, 15) is 4.79 Å². The van der Waals surface area contributed by atoms with Gasteiger partial charge in [-0.15, -0.1) is 11.8 Å². The van der Waals surface area contributed by atoms with Crippen molar-refractivity contribution in [2.45, 2.75) is 70.3 Å². The zero-order valence-corrected chi connectivity index (χ0v) is 27.6. The number of aromatic nitrogens is 2. The smallest absolute Gasteiger partial charge is 0.248 e. The first-order chi connectivity index (χ1) is 21.9. The molecule has 0 bridgehead atoms. The lowest BCUT2D eigenvalue weighted by Crippen LogP contribution is -2.08. The molecule has 0 radical (unpaired) electrons. The average Bonchev–Trinajstić information content (AvgIpc) is 3.49. The molecule has 0 saturated heterocycles. The highest BCUT2D eigenvalue weighted by Crippen LogP contribution is 2.30. The highest BCUT2D eigenvalue weighted by molar-refractivity contribution is 7.98. The van der Waals surface area contributed by atoms with E-state index in [0.717, 1.165) is 76.9 Å². The van der Waals surface area contributed by atoms with Gasteiger partial charge in [0.05, 0.1) is 19.0 Å². The van der Waals surface area contributed by atoms with E-state index in [1.807, 2.05) is 93.1 Å². The fourth-order valence-corrected chi connectivity index (χ4v) is 5.47. The van der Waals surface area contributed by atoms with Gasteiger partial charge in [0.2, 0.25) is 5.91 Å². The molecule has 1 amide bonds. The van der Waals surface area contributed by atoms with Crippen molar-refractivity contribution in [1.29, 1.82) is 0 Å². The lowest BCUT2D eigenvalue weighted by Gasteiger charge is -2.14. The van der Waals surface area contributed by atoms with Crippen LogP contribution in [0.5, 0.6) is 11.5 Å². The number of aryl methyl sites for hydroxylation is 1. The van der Waals surface area contributed by atoms with E-state index >= 15 is 0 Å². The van der Waals surface area contributed by atoms with E-state index in [1.165, 1.54) is 5.69 Å². The van der Waals surface area contributed by atoms with E-state index in [-0.39, 0.29) is 12.0 Å². The monoisotopic (exact) mass is 627 g/mol. The lowest BCUT2D eigenvalue weighted by molar-refractivity contribution is -0.111. The van der Waals surface area contributed by atoms with Crippen LogP contribution in [0.3, 0.4) is 0 Å². The maximum absolute atomic E-state index is 12.9. The van der Waals surface area contributed by atoms with Crippen LogP contribution in [0.15, 0.2) is 90.2 Å². The fourth-order valence-electron chi connectivity index (χ4n) is 4.58. The fraction of sp³-hybridized carbons (Fsp3) is 0.351. The summed E-state index contributed by atoms with van der Waals surface area (Å²) in [7, 11) is 0. The Morgan fingerprint density at radius 1 is 0.956 bits per heavy atom. The first kappa shape index (κ1) is 33.9. The third-order valence-electron chi connectivity index (χ3n) is 6.88. The van der Waals surface area contributed by atoms with Crippen LogP contribution in [0.1, 0.15) is 58.2 Å². The van der Waals surface area contributed by atoms with Gasteiger partial charge in [0.15, 0.2) is 0 Å². The number of ether oxygens (including phenoxy) is 3. The Labute approximate surface area is 272 Å². The lowest BCUT2D eigenvalue weighted by atomic mass is 10.0. The van der Waals surface area contributed by atoms with Crippen molar-refractivity contribution in [3.8, 4) is 22.6 Å². The summed E-state index contributed by atoms with van der Waals surface area (Å²) < 4.78 is 19.6. The molecule has 0 spiro atoms. The van der Waals surface area contributed by atoms with Crippen LogP contribution in [0.25, 0.3) is 17.2 Å². The van der Waals surface area contributed by atoms with Gasteiger partial charge in [0, 0.05) is 53.0 Å². The first-order valence-electron chi connectivity index (χ1n) is 15.8. The molecule has 238 valence electrons. The second-order valence-electron chi connectivity index (χ2n) is 11.0. The van der Waals surface area contributed by atoms with Crippen LogP contribution in [0, 0.1) is 0 Å². The largest absolute Gasteiger partial charge is 0.491 e. The van der Waals surface area contributed by atoms with E-state index in [4.69, 9.17) is 14.2 Å². The molecular formula is C37H45N3O4S. The third-order valence-corrected chi connectivity index (χ3v) is 7.93. The number of carbonyl (C=O) groups excluding carboxylic acids is 1. The predicted octanol–water partition coefficient (Wildman–Crippen LogP) is 8.89. The topological polar surface area (TPSA) is 74.6 Å². The molecule has 45 heavy (non-hydrogen) atoms. The van der Waals surface area contributed by atoms with Crippen molar-refractivity contribution in [2.24, 2.45) is 0 Å². The van der Waals surface area contributed by atoms with E-state index in [1.54, 1.807) is 23.9 Å². The Hall–Kier alpha value is -4.01. The van der Waals surface area contributed by atoms with E-state index < -0.39 is 0 Å². The normalized spacial score (nSPS) is 11.3. The summed E-state index contributed by atoms with van der Waals surface area (Å²) in [6.07, 6.45) is 10.4. The van der Waals surface area contributed by atoms with Gasteiger partial charge in [-0.2, -0.15) is 0 Å². The van der Waals surface area contributed by atoms with Crippen LogP contribution in [0.4, 0.5) is 5.69 Å². The van der Waals surface area contributed by atoms with Gasteiger partial charge in [0.1, 0.15) is 18.1 Å². The van der Waals surface area contributed by atoms with Gasteiger partial charge >= 0.3 is 0 Å². The highest BCUT2D eigenvalue weighted by Gasteiger charge is 2.09. The summed E-state index contributed by atoms with van der Waals surface area (Å²) in [4.78, 5) is 18.3. The molecule has 0 aliphatic heterocycles. The number of benzene rings is 3. The molecule has 0 saturated carbocycles. The Bertz CT molecular complexity index is 1500. The van der Waals surface area contributed by atoms with Gasteiger partial charge in [-0.25, -0.2) is 4.98 Å². The van der Waals surface area contributed by atoms with Crippen molar-refractivity contribution < 1.29 is 19.0 Å². The molecular weight excluding hydrogens is 582 g/mol. The Morgan fingerprint density at radius 2 is 1.73 bits per heavy atom. The molecule has 0 aliphatic carbocycles. The van der Waals surface area contributed by atoms with Gasteiger partial charge in [-0.3, -0.25) is 4.79 Å². The average molecular weight is 628 g/mol. The molecule has 8 heteroatoms. The first-order valence-corrected chi connectivity index (χ1v) is 16.8. The molecule has 3 aromatic carbocycles. The number of amides is 1. The van der Waals surface area contributed by atoms with Crippen molar-refractivity contribution in [3.63, 3.8) is 0 Å². The Balaban J connectivity index is 1.35. The van der Waals surface area contributed by atoms with Gasteiger partial charge in [-0.1, -0.05) is 38.5 Å². The van der Waals surface area contributed by atoms with Crippen LogP contribution in [-0.4, -0.2) is 41.4 Å². The quantitative estimate of drug-likeness (QED) is 0.0675. The second-order valence-corrected chi connectivity index (χ2v) is 12.0. The van der Waals surface area contributed by atoms with Gasteiger partial charge in [0.25, 0.3) is 0 Å².